The van der Waals surface area contributed by atoms with Gasteiger partial charge in [0.15, 0.2) is 5.82 Å². The molecule has 6 heteroatoms. The second-order valence-corrected chi connectivity index (χ2v) is 5.58. The van der Waals surface area contributed by atoms with Crippen LogP contribution in [0.15, 0.2) is 30.5 Å². The highest BCUT2D eigenvalue weighted by molar-refractivity contribution is 6.99. The molecule has 0 aliphatic carbocycles. The normalized spacial score (nSPS) is 16.8. The number of rotatable bonds is 3. The van der Waals surface area contributed by atoms with Gasteiger partial charge in [0.05, 0.1) is 17.9 Å². The molecule has 0 atom stereocenters. The van der Waals surface area contributed by atoms with Crippen molar-refractivity contribution >= 4 is 29.1 Å². The molecule has 0 radical (unpaired) electrons. The largest absolute Gasteiger partial charge is 0.352 e. The smallest absolute Gasteiger partial charge is 0.162 e. The predicted octanol–water partition coefficient (Wildman–Crippen LogP) is 2.51. The molecule has 1 saturated heterocycles. The van der Waals surface area contributed by atoms with Gasteiger partial charge in [0.1, 0.15) is 0 Å². The molecule has 100 valence electrons. The molecule has 0 spiro atoms. The zero-order chi connectivity index (χ0) is 13.1. The molecular weight excluding hydrogens is 280 g/mol. The van der Waals surface area contributed by atoms with E-state index >= 15 is 0 Å². The van der Waals surface area contributed by atoms with Crippen molar-refractivity contribution in [2.24, 2.45) is 0 Å². The van der Waals surface area contributed by atoms with Crippen LogP contribution < -0.4 is 4.90 Å². The molecule has 1 aromatic heterocycles. The Balaban J connectivity index is 1.57. The summed E-state index contributed by atoms with van der Waals surface area (Å²) in [6, 6.07) is 8.06. The van der Waals surface area contributed by atoms with Crippen LogP contribution in [0.1, 0.15) is 5.56 Å². The number of hydrogen-bond acceptors (Lipinski definition) is 5. The first-order valence-corrected chi connectivity index (χ1v) is 7.42. The molecule has 1 fully saturated rings. The quantitative estimate of drug-likeness (QED) is 0.871. The molecule has 1 aliphatic heterocycles. The van der Waals surface area contributed by atoms with Crippen molar-refractivity contribution in [3.8, 4) is 0 Å². The first kappa shape index (κ1) is 12.8. The van der Waals surface area contributed by atoms with Crippen LogP contribution in [0, 0.1) is 0 Å². The monoisotopic (exact) mass is 294 g/mol. The minimum absolute atomic E-state index is 0.855. The van der Waals surface area contributed by atoms with Crippen molar-refractivity contribution < 1.29 is 0 Å². The van der Waals surface area contributed by atoms with Crippen molar-refractivity contribution in [1.29, 1.82) is 0 Å². The van der Waals surface area contributed by atoms with E-state index in [1.165, 1.54) is 17.3 Å². The van der Waals surface area contributed by atoms with E-state index in [4.69, 9.17) is 11.6 Å². The Labute approximate surface area is 121 Å². The lowest BCUT2D eigenvalue weighted by atomic mass is 10.2. The Kier molecular flexibility index (Phi) is 3.96. The van der Waals surface area contributed by atoms with Gasteiger partial charge >= 0.3 is 0 Å². The SMILES string of the molecule is Clc1ccccc1CN1CCN(c2cnsn2)CC1. The summed E-state index contributed by atoms with van der Waals surface area (Å²) in [5.74, 6) is 1.00. The Morgan fingerprint density at radius 2 is 1.95 bits per heavy atom. The molecule has 19 heavy (non-hydrogen) atoms. The minimum atomic E-state index is 0.855. The van der Waals surface area contributed by atoms with Crippen LogP contribution in [0.2, 0.25) is 5.02 Å². The van der Waals surface area contributed by atoms with Crippen LogP contribution in [-0.2, 0) is 6.54 Å². The van der Waals surface area contributed by atoms with Crippen LogP contribution in [-0.4, -0.2) is 39.8 Å². The number of anilines is 1. The molecule has 1 aromatic carbocycles. The average Bonchev–Trinajstić information content (AvgIpc) is 2.96. The van der Waals surface area contributed by atoms with Crippen molar-refractivity contribution in [2.45, 2.75) is 6.54 Å². The second kappa shape index (κ2) is 5.86. The number of piperazine rings is 1. The van der Waals surface area contributed by atoms with Crippen molar-refractivity contribution in [3.05, 3.63) is 41.0 Å². The van der Waals surface area contributed by atoms with Crippen molar-refractivity contribution in [2.75, 3.05) is 31.1 Å². The third-order valence-corrected chi connectivity index (χ3v) is 4.23. The van der Waals surface area contributed by atoms with Gasteiger partial charge < -0.3 is 4.90 Å². The van der Waals surface area contributed by atoms with Crippen LogP contribution >= 0.6 is 23.3 Å². The molecule has 3 rings (SSSR count). The van der Waals surface area contributed by atoms with E-state index in [0.29, 0.717) is 0 Å². The minimum Gasteiger partial charge on any atom is -0.352 e. The van der Waals surface area contributed by atoms with Gasteiger partial charge in [-0.3, -0.25) is 4.90 Å². The maximum Gasteiger partial charge on any atom is 0.162 e. The third kappa shape index (κ3) is 3.05. The number of benzene rings is 1. The van der Waals surface area contributed by atoms with Gasteiger partial charge in [-0.2, -0.15) is 8.75 Å². The maximum absolute atomic E-state index is 6.20. The van der Waals surface area contributed by atoms with Crippen LogP contribution in [0.25, 0.3) is 0 Å². The lowest BCUT2D eigenvalue weighted by Crippen LogP contribution is -2.46. The summed E-state index contributed by atoms with van der Waals surface area (Å²) in [5, 5.41) is 0.855. The van der Waals surface area contributed by atoms with E-state index in [-0.39, 0.29) is 0 Å². The van der Waals surface area contributed by atoms with Crippen LogP contribution in [0.4, 0.5) is 5.82 Å². The van der Waals surface area contributed by atoms with Crippen molar-refractivity contribution in [1.82, 2.24) is 13.6 Å². The summed E-state index contributed by atoms with van der Waals surface area (Å²) in [6.45, 7) is 4.97. The molecule has 0 bridgehead atoms. The first-order chi connectivity index (χ1) is 9.33. The lowest BCUT2D eigenvalue weighted by molar-refractivity contribution is 0.249. The standard InChI is InChI=1S/C13H15ClN4S/c14-12-4-2-1-3-11(12)10-17-5-7-18(8-6-17)13-9-15-19-16-13/h1-4,9H,5-8,10H2. The molecule has 2 aromatic rings. The summed E-state index contributed by atoms with van der Waals surface area (Å²) in [4.78, 5) is 4.71. The molecule has 1 aliphatic rings. The third-order valence-electron chi connectivity index (χ3n) is 3.40. The topological polar surface area (TPSA) is 32.3 Å². The fourth-order valence-corrected chi connectivity index (χ4v) is 2.93. The van der Waals surface area contributed by atoms with Gasteiger partial charge in [0.2, 0.25) is 0 Å². The van der Waals surface area contributed by atoms with Gasteiger partial charge in [-0.05, 0) is 11.6 Å². The summed E-state index contributed by atoms with van der Waals surface area (Å²) < 4.78 is 8.33. The number of aromatic nitrogens is 2. The molecule has 0 amide bonds. The predicted molar refractivity (Wildman–Crippen MR) is 78.9 cm³/mol. The fourth-order valence-electron chi connectivity index (χ4n) is 2.30. The van der Waals surface area contributed by atoms with E-state index < -0.39 is 0 Å². The van der Waals surface area contributed by atoms with Gasteiger partial charge in [-0.1, -0.05) is 29.8 Å². The maximum atomic E-state index is 6.20. The lowest BCUT2D eigenvalue weighted by Gasteiger charge is -2.34. The highest BCUT2D eigenvalue weighted by atomic mass is 35.5. The van der Waals surface area contributed by atoms with E-state index in [1.54, 1.807) is 0 Å². The first-order valence-electron chi connectivity index (χ1n) is 6.31. The molecule has 0 unspecified atom stereocenters. The highest BCUT2D eigenvalue weighted by Crippen LogP contribution is 2.19. The molecule has 0 saturated carbocycles. The van der Waals surface area contributed by atoms with Gasteiger partial charge in [0, 0.05) is 37.7 Å². The number of halogens is 1. The Hall–Kier alpha value is -1.17. The van der Waals surface area contributed by atoms with Crippen LogP contribution in [0.3, 0.4) is 0 Å². The summed E-state index contributed by atoms with van der Waals surface area (Å²) in [7, 11) is 0. The van der Waals surface area contributed by atoms with Gasteiger partial charge in [-0.25, -0.2) is 0 Å². The Bertz CT molecular complexity index is 523. The zero-order valence-corrected chi connectivity index (χ0v) is 12.1. The van der Waals surface area contributed by atoms with Crippen molar-refractivity contribution in [3.63, 3.8) is 0 Å². The van der Waals surface area contributed by atoms with E-state index in [9.17, 15) is 0 Å². The van der Waals surface area contributed by atoms with Gasteiger partial charge in [-0.15, -0.1) is 0 Å². The van der Waals surface area contributed by atoms with Gasteiger partial charge in [0.25, 0.3) is 0 Å². The van der Waals surface area contributed by atoms with E-state index in [2.05, 4.69) is 24.6 Å². The molecule has 2 heterocycles. The number of nitrogens with zero attached hydrogens (tertiary/aromatic N) is 4. The number of hydrogen-bond donors (Lipinski definition) is 0. The average molecular weight is 295 g/mol. The van der Waals surface area contributed by atoms with E-state index in [1.807, 2.05) is 24.4 Å². The summed E-state index contributed by atoms with van der Waals surface area (Å²) in [6.07, 6.45) is 1.84. The second-order valence-electron chi connectivity index (χ2n) is 4.62. The fraction of sp³-hybridized carbons (Fsp3) is 0.385. The summed E-state index contributed by atoms with van der Waals surface area (Å²) >= 11 is 7.47. The van der Waals surface area contributed by atoms with Crippen LogP contribution in [0.5, 0.6) is 0 Å². The summed E-state index contributed by atoms with van der Waals surface area (Å²) in [5.41, 5.74) is 1.20. The molecule has 4 nitrogen and oxygen atoms in total. The highest BCUT2D eigenvalue weighted by Gasteiger charge is 2.19. The van der Waals surface area contributed by atoms with E-state index in [0.717, 1.165) is 43.6 Å². The Morgan fingerprint density at radius 3 is 2.63 bits per heavy atom. The zero-order valence-electron chi connectivity index (χ0n) is 10.5. The Morgan fingerprint density at radius 1 is 1.16 bits per heavy atom. The molecule has 0 N–H and O–H groups in total. The molecular formula is C13H15ClN4S.